The minimum atomic E-state index is -0.420. The van der Waals surface area contributed by atoms with E-state index in [4.69, 9.17) is 25.7 Å². The number of ether oxygens (including phenoxy) is 3. The Labute approximate surface area is 112 Å². The molecule has 0 aliphatic heterocycles. The molecular weight excluding hydrogens is 248 g/mol. The Hall–Kier alpha value is -1.95. The molecule has 1 amide bonds. The third-order valence-corrected chi connectivity index (χ3v) is 2.72. The van der Waals surface area contributed by atoms with Crippen molar-refractivity contribution in [3.8, 4) is 17.2 Å². The Bertz CT molecular complexity index is 423. The number of carbonyl (C=O) groups excluding carboxylic acids is 1. The summed E-state index contributed by atoms with van der Waals surface area (Å²) >= 11 is 0. The van der Waals surface area contributed by atoms with Crippen LogP contribution in [0.25, 0.3) is 0 Å². The second-order valence-electron chi connectivity index (χ2n) is 4.15. The molecule has 1 unspecified atom stereocenters. The molecule has 1 atom stereocenters. The van der Waals surface area contributed by atoms with Gasteiger partial charge < -0.3 is 25.7 Å². The minimum absolute atomic E-state index is 0.157. The van der Waals surface area contributed by atoms with Crippen molar-refractivity contribution in [2.45, 2.75) is 13.5 Å². The van der Waals surface area contributed by atoms with Gasteiger partial charge in [-0.3, -0.25) is 4.79 Å². The fourth-order valence-corrected chi connectivity index (χ4v) is 1.48. The van der Waals surface area contributed by atoms with Crippen molar-refractivity contribution in [3.05, 3.63) is 17.7 Å². The smallest absolute Gasteiger partial charge is 0.223 e. The minimum Gasteiger partial charge on any atom is -0.493 e. The molecule has 0 bridgehead atoms. The Morgan fingerprint density at radius 3 is 2.16 bits per heavy atom. The molecule has 6 nitrogen and oxygen atoms in total. The molecule has 0 fully saturated rings. The van der Waals surface area contributed by atoms with E-state index in [1.54, 1.807) is 19.1 Å². The Kier molecular flexibility index (Phi) is 5.44. The normalized spacial score (nSPS) is 11.8. The number of hydrogen-bond acceptors (Lipinski definition) is 5. The number of hydrogen-bond donors (Lipinski definition) is 2. The SMILES string of the molecule is COc1cc(CN)cc(OC)c1OCC(C)C(N)=O. The fourth-order valence-electron chi connectivity index (χ4n) is 1.48. The number of nitrogens with two attached hydrogens (primary N) is 2. The third kappa shape index (κ3) is 3.75. The van der Waals surface area contributed by atoms with E-state index in [2.05, 4.69) is 0 Å². The van der Waals surface area contributed by atoms with E-state index in [-0.39, 0.29) is 6.61 Å². The van der Waals surface area contributed by atoms with E-state index in [9.17, 15) is 4.79 Å². The summed E-state index contributed by atoms with van der Waals surface area (Å²) in [6.07, 6.45) is 0. The lowest BCUT2D eigenvalue weighted by Crippen LogP contribution is -2.26. The van der Waals surface area contributed by atoms with Crippen molar-refractivity contribution in [2.75, 3.05) is 20.8 Å². The molecular formula is C13H20N2O4. The number of benzene rings is 1. The number of primary amides is 1. The summed E-state index contributed by atoms with van der Waals surface area (Å²) in [6, 6.07) is 3.54. The van der Waals surface area contributed by atoms with E-state index >= 15 is 0 Å². The van der Waals surface area contributed by atoms with Crippen LogP contribution in [-0.2, 0) is 11.3 Å². The first kappa shape index (κ1) is 15.1. The number of carbonyl (C=O) groups is 1. The molecule has 0 aromatic heterocycles. The van der Waals surface area contributed by atoms with E-state index in [1.165, 1.54) is 14.2 Å². The predicted octanol–water partition coefficient (Wildman–Crippen LogP) is 0.663. The van der Waals surface area contributed by atoms with Crippen molar-refractivity contribution in [2.24, 2.45) is 17.4 Å². The monoisotopic (exact) mass is 268 g/mol. The van der Waals surface area contributed by atoms with Gasteiger partial charge in [-0.15, -0.1) is 0 Å². The van der Waals surface area contributed by atoms with Gasteiger partial charge in [0.25, 0.3) is 0 Å². The molecule has 0 radical (unpaired) electrons. The van der Waals surface area contributed by atoms with E-state index in [1.807, 2.05) is 0 Å². The molecule has 1 aromatic carbocycles. The van der Waals surface area contributed by atoms with Gasteiger partial charge in [0.2, 0.25) is 11.7 Å². The zero-order valence-corrected chi connectivity index (χ0v) is 11.4. The van der Waals surface area contributed by atoms with Crippen molar-refractivity contribution in [3.63, 3.8) is 0 Å². The quantitative estimate of drug-likeness (QED) is 0.757. The predicted molar refractivity (Wildman–Crippen MR) is 71.3 cm³/mol. The highest BCUT2D eigenvalue weighted by Crippen LogP contribution is 2.38. The highest BCUT2D eigenvalue weighted by Gasteiger charge is 2.16. The lowest BCUT2D eigenvalue weighted by atomic mass is 10.1. The lowest BCUT2D eigenvalue weighted by molar-refractivity contribution is -0.122. The second kappa shape index (κ2) is 6.84. The number of rotatable bonds is 7. The van der Waals surface area contributed by atoms with Crippen LogP contribution in [-0.4, -0.2) is 26.7 Å². The number of methoxy groups -OCH3 is 2. The summed E-state index contributed by atoms with van der Waals surface area (Å²) in [4.78, 5) is 11.0. The number of amides is 1. The topological polar surface area (TPSA) is 96.8 Å². The zero-order chi connectivity index (χ0) is 14.4. The maximum Gasteiger partial charge on any atom is 0.223 e. The fraction of sp³-hybridized carbons (Fsp3) is 0.462. The molecule has 1 rings (SSSR count). The van der Waals surface area contributed by atoms with Crippen LogP contribution in [0.15, 0.2) is 12.1 Å². The highest BCUT2D eigenvalue weighted by atomic mass is 16.5. The van der Waals surface area contributed by atoms with Crippen LogP contribution in [0.3, 0.4) is 0 Å². The lowest BCUT2D eigenvalue weighted by Gasteiger charge is -2.17. The first-order valence-electron chi connectivity index (χ1n) is 5.90. The molecule has 6 heteroatoms. The first-order valence-corrected chi connectivity index (χ1v) is 5.90. The van der Waals surface area contributed by atoms with Gasteiger partial charge in [0.15, 0.2) is 11.5 Å². The zero-order valence-electron chi connectivity index (χ0n) is 11.4. The summed E-state index contributed by atoms with van der Waals surface area (Å²) < 4.78 is 16.1. The summed E-state index contributed by atoms with van der Waals surface area (Å²) in [6.45, 7) is 2.21. The Morgan fingerprint density at radius 1 is 1.26 bits per heavy atom. The van der Waals surface area contributed by atoms with E-state index in [0.717, 1.165) is 5.56 Å². The van der Waals surface area contributed by atoms with Crippen LogP contribution in [0.5, 0.6) is 17.2 Å². The van der Waals surface area contributed by atoms with Crippen molar-refractivity contribution < 1.29 is 19.0 Å². The second-order valence-corrected chi connectivity index (χ2v) is 4.15. The summed E-state index contributed by atoms with van der Waals surface area (Å²) in [5.74, 6) is 0.642. The molecule has 106 valence electrons. The first-order chi connectivity index (χ1) is 9.03. The maximum atomic E-state index is 11.0. The van der Waals surface area contributed by atoms with Gasteiger partial charge in [0.05, 0.1) is 26.7 Å². The van der Waals surface area contributed by atoms with Crippen LogP contribution in [0.2, 0.25) is 0 Å². The van der Waals surface area contributed by atoms with Gasteiger partial charge in [-0.05, 0) is 17.7 Å². The standard InChI is InChI=1S/C13H20N2O4/c1-8(13(15)16)7-19-12-10(17-2)4-9(6-14)5-11(12)18-3/h4-5,8H,6-7,14H2,1-3H3,(H2,15,16). The van der Waals surface area contributed by atoms with E-state index in [0.29, 0.717) is 23.8 Å². The molecule has 0 spiro atoms. The molecule has 0 saturated carbocycles. The van der Waals surface area contributed by atoms with Crippen LogP contribution in [0.4, 0.5) is 0 Å². The molecule has 19 heavy (non-hydrogen) atoms. The van der Waals surface area contributed by atoms with Crippen LogP contribution >= 0.6 is 0 Å². The van der Waals surface area contributed by atoms with Gasteiger partial charge >= 0.3 is 0 Å². The molecule has 0 saturated heterocycles. The van der Waals surface area contributed by atoms with E-state index < -0.39 is 11.8 Å². The van der Waals surface area contributed by atoms with Gasteiger partial charge in [-0.2, -0.15) is 0 Å². The van der Waals surface area contributed by atoms with Crippen molar-refractivity contribution >= 4 is 5.91 Å². The molecule has 1 aromatic rings. The van der Waals surface area contributed by atoms with Gasteiger partial charge in [-0.25, -0.2) is 0 Å². The molecule has 0 aliphatic carbocycles. The summed E-state index contributed by atoms with van der Waals surface area (Å²) in [7, 11) is 3.05. The van der Waals surface area contributed by atoms with Crippen LogP contribution in [0.1, 0.15) is 12.5 Å². The van der Waals surface area contributed by atoms with Crippen LogP contribution < -0.4 is 25.7 Å². The maximum absolute atomic E-state index is 11.0. The van der Waals surface area contributed by atoms with Crippen LogP contribution in [0, 0.1) is 5.92 Å². The van der Waals surface area contributed by atoms with Gasteiger partial charge in [0.1, 0.15) is 0 Å². The largest absolute Gasteiger partial charge is 0.493 e. The van der Waals surface area contributed by atoms with Gasteiger partial charge in [-0.1, -0.05) is 6.92 Å². The summed E-state index contributed by atoms with van der Waals surface area (Å²) in [5.41, 5.74) is 11.6. The Morgan fingerprint density at radius 2 is 1.79 bits per heavy atom. The third-order valence-electron chi connectivity index (χ3n) is 2.72. The van der Waals surface area contributed by atoms with Crippen molar-refractivity contribution in [1.29, 1.82) is 0 Å². The van der Waals surface area contributed by atoms with Gasteiger partial charge in [0, 0.05) is 6.54 Å². The Balaban J connectivity index is 3.00. The molecule has 0 heterocycles. The highest BCUT2D eigenvalue weighted by molar-refractivity contribution is 5.76. The average Bonchev–Trinajstić information content (AvgIpc) is 2.43. The summed E-state index contributed by atoms with van der Waals surface area (Å²) in [5, 5.41) is 0. The van der Waals surface area contributed by atoms with Crippen molar-refractivity contribution in [1.82, 2.24) is 0 Å². The molecule has 4 N–H and O–H groups in total. The average molecular weight is 268 g/mol. The molecule has 0 aliphatic rings.